The van der Waals surface area contributed by atoms with Gasteiger partial charge in [0, 0.05) is 5.56 Å². The van der Waals surface area contributed by atoms with Crippen LogP contribution in [0.3, 0.4) is 0 Å². The Morgan fingerprint density at radius 2 is 1.68 bits per heavy atom. The Hall–Kier alpha value is -2.07. The molecule has 4 heteroatoms. The number of aryl methyl sites for hydroxylation is 1. The minimum Gasteiger partial charge on any atom is -0.378 e. The lowest BCUT2D eigenvalue weighted by molar-refractivity contribution is 0.109. The van der Waals surface area contributed by atoms with Gasteiger partial charge in [-0.3, -0.25) is 4.79 Å². The van der Waals surface area contributed by atoms with Gasteiger partial charge in [-0.15, -0.1) is 0 Å². The lowest BCUT2D eigenvalue weighted by Crippen LogP contribution is -2.09. The van der Waals surface area contributed by atoms with Crippen molar-refractivity contribution in [3.05, 3.63) is 65.7 Å². The van der Waals surface area contributed by atoms with Crippen LogP contribution in [0, 0.1) is 6.92 Å². The number of carbonyl (C=O) groups is 1. The van der Waals surface area contributed by atoms with E-state index in [9.17, 15) is 4.79 Å². The number of aliphatic imine (C=N–C) groups is 1. The highest BCUT2D eigenvalue weighted by Crippen LogP contribution is 2.17. The molecule has 0 aliphatic rings. The van der Waals surface area contributed by atoms with Crippen LogP contribution >= 0.6 is 11.8 Å². The summed E-state index contributed by atoms with van der Waals surface area (Å²) in [6.45, 7) is 2.00. The molecule has 0 spiro atoms. The van der Waals surface area contributed by atoms with Crippen LogP contribution in [0.15, 0.2) is 59.6 Å². The fourth-order valence-corrected chi connectivity index (χ4v) is 2.09. The van der Waals surface area contributed by atoms with Crippen molar-refractivity contribution in [3.8, 4) is 0 Å². The van der Waals surface area contributed by atoms with Crippen LogP contribution in [0.1, 0.15) is 15.9 Å². The molecule has 0 atom stereocenters. The van der Waals surface area contributed by atoms with Gasteiger partial charge in [0.2, 0.25) is 5.12 Å². The predicted octanol–water partition coefficient (Wildman–Crippen LogP) is 3.51. The molecule has 96 valence electrons. The van der Waals surface area contributed by atoms with Gasteiger partial charge in [-0.1, -0.05) is 48.0 Å². The van der Waals surface area contributed by atoms with Gasteiger partial charge in [0.25, 0.3) is 0 Å². The van der Waals surface area contributed by atoms with E-state index in [1.165, 1.54) is 0 Å². The zero-order valence-electron chi connectivity index (χ0n) is 10.5. The number of nitrogens with two attached hydrogens (primary N) is 1. The molecule has 3 nitrogen and oxygen atoms in total. The summed E-state index contributed by atoms with van der Waals surface area (Å²) < 4.78 is 0. The van der Waals surface area contributed by atoms with Crippen LogP contribution in [0.4, 0.5) is 5.69 Å². The maximum Gasteiger partial charge on any atom is 0.226 e. The molecule has 0 saturated carbocycles. The summed E-state index contributed by atoms with van der Waals surface area (Å²) in [6, 6.07) is 16.7. The summed E-state index contributed by atoms with van der Waals surface area (Å²) in [6.07, 6.45) is 0. The van der Waals surface area contributed by atoms with E-state index in [2.05, 4.69) is 4.99 Å². The van der Waals surface area contributed by atoms with Crippen molar-refractivity contribution in [2.24, 2.45) is 10.7 Å². The SMILES string of the molecule is Cc1ccc(N=C(N)SC(=O)c2ccccc2)cc1. The van der Waals surface area contributed by atoms with Gasteiger partial charge in [0.15, 0.2) is 5.17 Å². The number of thioether (sulfide) groups is 1. The average molecular weight is 270 g/mol. The molecule has 0 radical (unpaired) electrons. The number of carbonyl (C=O) groups excluding carboxylic acids is 1. The van der Waals surface area contributed by atoms with E-state index in [1.54, 1.807) is 12.1 Å². The fourth-order valence-electron chi connectivity index (χ4n) is 1.50. The molecule has 0 amide bonds. The molecule has 2 N–H and O–H groups in total. The second-order valence-corrected chi connectivity index (χ2v) is 5.03. The summed E-state index contributed by atoms with van der Waals surface area (Å²) in [5.41, 5.74) is 8.30. The van der Waals surface area contributed by atoms with Crippen molar-refractivity contribution in [1.82, 2.24) is 0 Å². The Morgan fingerprint density at radius 3 is 2.32 bits per heavy atom. The first kappa shape index (κ1) is 13.4. The number of nitrogens with zero attached hydrogens (tertiary/aromatic N) is 1. The molecule has 0 unspecified atom stereocenters. The second kappa shape index (κ2) is 6.20. The normalized spacial score (nSPS) is 11.3. The molecule has 0 aromatic heterocycles. The third-order valence-corrected chi connectivity index (χ3v) is 3.20. The molecular weight excluding hydrogens is 256 g/mol. The molecule has 0 heterocycles. The van der Waals surface area contributed by atoms with Crippen molar-refractivity contribution in [1.29, 1.82) is 0 Å². The van der Waals surface area contributed by atoms with Gasteiger partial charge in [-0.25, -0.2) is 4.99 Å². The van der Waals surface area contributed by atoms with Gasteiger partial charge < -0.3 is 5.73 Å². The Kier molecular flexibility index (Phi) is 4.36. The Labute approximate surface area is 116 Å². The Morgan fingerprint density at radius 1 is 1.05 bits per heavy atom. The third-order valence-electron chi connectivity index (χ3n) is 2.48. The van der Waals surface area contributed by atoms with Gasteiger partial charge in [0.05, 0.1) is 5.69 Å². The Bertz CT molecular complexity index is 591. The minimum absolute atomic E-state index is 0.103. The van der Waals surface area contributed by atoms with Crippen LogP contribution in [0.5, 0.6) is 0 Å². The van der Waals surface area contributed by atoms with E-state index < -0.39 is 0 Å². The first-order valence-corrected chi connectivity index (χ1v) is 6.65. The van der Waals surface area contributed by atoms with E-state index in [0.717, 1.165) is 23.0 Å². The molecule has 0 fully saturated rings. The van der Waals surface area contributed by atoms with Crippen LogP contribution in [-0.2, 0) is 0 Å². The summed E-state index contributed by atoms with van der Waals surface area (Å²) in [5, 5.41) is 0.145. The van der Waals surface area contributed by atoms with E-state index in [-0.39, 0.29) is 10.3 Å². The van der Waals surface area contributed by atoms with Gasteiger partial charge >= 0.3 is 0 Å². The van der Waals surface area contributed by atoms with Crippen LogP contribution in [0.2, 0.25) is 0 Å². The van der Waals surface area contributed by atoms with Crippen molar-refractivity contribution >= 4 is 27.7 Å². The van der Waals surface area contributed by atoms with Crippen LogP contribution in [0.25, 0.3) is 0 Å². The maximum atomic E-state index is 11.9. The number of hydrogen-bond donors (Lipinski definition) is 1. The van der Waals surface area contributed by atoms with Crippen molar-refractivity contribution in [3.63, 3.8) is 0 Å². The minimum atomic E-state index is -0.103. The number of rotatable bonds is 2. The predicted molar refractivity (Wildman–Crippen MR) is 80.8 cm³/mol. The molecule has 2 rings (SSSR count). The largest absolute Gasteiger partial charge is 0.378 e. The summed E-state index contributed by atoms with van der Waals surface area (Å²) in [4.78, 5) is 16.1. The molecule has 2 aromatic carbocycles. The quantitative estimate of drug-likeness (QED) is 0.671. The third kappa shape index (κ3) is 3.96. The average Bonchev–Trinajstić information content (AvgIpc) is 2.42. The number of hydrogen-bond acceptors (Lipinski definition) is 3. The first-order chi connectivity index (χ1) is 9.15. The summed E-state index contributed by atoms with van der Waals surface area (Å²) in [5.74, 6) is 0. The zero-order valence-corrected chi connectivity index (χ0v) is 11.4. The highest BCUT2D eigenvalue weighted by atomic mass is 32.2. The smallest absolute Gasteiger partial charge is 0.226 e. The molecule has 0 bridgehead atoms. The topological polar surface area (TPSA) is 55.4 Å². The van der Waals surface area contributed by atoms with Crippen molar-refractivity contribution in [2.45, 2.75) is 6.92 Å². The van der Waals surface area contributed by atoms with E-state index in [1.807, 2.05) is 49.4 Å². The van der Waals surface area contributed by atoms with E-state index >= 15 is 0 Å². The summed E-state index contributed by atoms with van der Waals surface area (Å²) >= 11 is 0.941. The molecule has 2 aromatic rings. The Balaban J connectivity index is 2.07. The van der Waals surface area contributed by atoms with Gasteiger partial charge in [0.1, 0.15) is 0 Å². The molecule has 19 heavy (non-hydrogen) atoms. The van der Waals surface area contributed by atoms with Crippen LogP contribution < -0.4 is 5.73 Å². The number of amidine groups is 1. The lowest BCUT2D eigenvalue weighted by Gasteiger charge is -2.01. The lowest BCUT2D eigenvalue weighted by atomic mass is 10.2. The van der Waals surface area contributed by atoms with E-state index in [4.69, 9.17) is 5.73 Å². The molecule has 0 aliphatic heterocycles. The summed E-state index contributed by atoms with van der Waals surface area (Å²) in [7, 11) is 0. The fraction of sp³-hybridized carbons (Fsp3) is 0.0667. The van der Waals surface area contributed by atoms with E-state index in [0.29, 0.717) is 5.56 Å². The highest BCUT2D eigenvalue weighted by Gasteiger charge is 2.08. The van der Waals surface area contributed by atoms with Gasteiger partial charge in [-0.05, 0) is 30.8 Å². The zero-order chi connectivity index (χ0) is 13.7. The highest BCUT2D eigenvalue weighted by molar-refractivity contribution is 8.26. The van der Waals surface area contributed by atoms with Crippen molar-refractivity contribution in [2.75, 3.05) is 0 Å². The van der Waals surface area contributed by atoms with Gasteiger partial charge in [-0.2, -0.15) is 0 Å². The standard InChI is InChI=1S/C15H14N2OS/c1-11-7-9-13(10-8-11)17-15(16)19-14(18)12-5-3-2-4-6-12/h2-10H,1H3,(H2,16,17). The van der Waals surface area contributed by atoms with Crippen molar-refractivity contribution < 1.29 is 4.79 Å². The number of benzene rings is 2. The maximum absolute atomic E-state index is 11.9. The van der Waals surface area contributed by atoms with Crippen LogP contribution in [-0.4, -0.2) is 10.3 Å². The molecule has 0 saturated heterocycles. The molecular formula is C15H14N2OS. The monoisotopic (exact) mass is 270 g/mol. The first-order valence-electron chi connectivity index (χ1n) is 5.83. The molecule has 0 aliphatic carbocycles. The second-order valence-electron chi connectivity index (χ2n) is 4.04.